The summed E-state index contributed by atoms with van der Waals surface area (Å²) in [4.78, 5) is 11.9. The molecule has 1 aromatic rings. The fourth-order valence-corrected chi connectivity index (χ4v) is 2.90. The van der Waals surface area contributed by atoms with Gasteiger partial charge < -0.3 is 5.32 Å². The Balaban J connectivity index is 1.63. The van der Waals surface area contributed by atoms with E-state index in [1.807, 2.05) is 0 Å². The maximum absolute atomic E-state index is 11.9. The number of rotatable bonds is 2. The number of fused-ring (bicyclic) bond motifs is 1. The summed E-state index contributed by atoms with van der Waals surface area (Å²) in [6.07, 6.45) is 3.68. The molecule has 2 aliphatic rings. The molecule has 1 heterocycles. The minimum Gasteiger partial charge on any atom is -0.309 e. The number of carbonyl (C=O) groups excluding carboxylic acids is 1. The number of carbonyl (C=O) groups is 1. The van der Waals surface area contributed by atoms with Gasteiger partial charge in [-0.05, 0) is 36.8 Å². The molecule has 2 unspecified atom stereocenters. The van der Waals surface area contributed by atoms with Crippen LogP contribution in [0, 0.1) is 17.8 Å². The van der Waals surface area contributed by atoms with Crippen LogP contribution in [0.1, 0.15) is 19.3 Å². The highest BCUT2D eigenvalue weighted by molar-refractivity contribution is 6.29. The summed E-state index contributed by atoms with van der Waals surface area (Å²) < 4.78 is 0. The quantitative estimate of drug-likeness (QED) is 0.857. The van der Waals surface area contributed by atoms with E-state index < -0.39 is 0 Å². The average molecular weight is 238 g/mol. The van der Waals surface area contributed by atoms with E-state index in [1.165, 1.54) is 19.3 Å². The highest BCUT2D eigenvalue weighted by atomic mass is 35.5. The molecular formula is C11H12ClN3O. The van der Waals surface area contributed by atoms with Gasteiger partial charge in [-0.3, -0.25) is 4.79 Å². The van der Waals surface area contributed by atoms with Crippen LogP contribution in [0.4, 0.5) is 5.82 Å². The number of amides is 1. The third-order valence-corrected chi connectivity index (χ3v) is 3.79. The zero-order valence-corrected chi connectivity index (χ0v) is 9.44. The van der Waals surface area contributed by atoms with Crippen molar-refractivity contribution in [2.24, 2.45) is 17.8 Å². The predicted octanol–water partition coefficient (Wildman–Crippen LogP) is 2.11. The summed E-state index contributed by atoms with van der Waals surface area (Å²) in [5.41, 5.74) is 0. The van der Waals surface area contributed by atoms with Crippen LogP contribution < -0.4 is 5.32 Å². The van der Waals surface area contributed by atoms with Gasteiger partial charge >= 0.3 is 0 Å². The molecule has 1 N–H and O–H groups in total. The fourth-order valence-electron chi connectivity index (χ4n) is 2.80. The molecule has 16 heavy (non-hydrogen) atoms. The van der Waals surface area contributed by atoms with E-state index in [9.17, 15) is 4.79 Å². The SMILES string of the molecule is O=C(Nc1ccc(Cl)nn1)C1C2CCCC21. The molecule has 1 aromatic heterocycles. The van der Waals surface area contributed by atoms with Gasteiger partial charge in [0.25, 0.3) is 0 Å². The molecule has 2 aliphatic carbocycles. The molecule has 1 amide bonds. The lowest BCUT2D eigenvalue weighted by molar-refractivity contribution is -0.118. The van der Waals surface area contributed by atoms with E-state index in [4.69, 9.17) is 11.6 Å². The van der Waals surface area contributed by atoms with Gasteiger partial charge in [0, 0.05) is 5.92 Å². The molecule has 2 saturated carbocycles. The Morgan fingerprint density at radius 2 is 2.06 bits per heavy atom. The molecule has 5 heteroatoms. The molecule has 0 spiro atoms. The van der Waals surface area contributed by atoms with Crippen molar-refractivity contribution in [1.82, 2.24) is 10.2 Å². The largest absolute Gasteiger partial charge is 0.309 e. The molecule has 0 aromatic carbocycles. The van der Waals surface area contributed by atoms with Crippen LogP contribution >= 0.6 is 11.6 Å². The molecule has 84 valence electrons. The second kappa shape index (κ2) is 3.70. The smallest absolute Gasteiger partial charge is 0.229 e. The number of hydrogen-bond donors (Lipinski definition) is 1. The van der Waals surface area contributed by atoms with Crippen molar-refractivity contribution in [2.45, 2.75) is 19.3 Å². The lowest BCUT2D eigenvalue weighted by atomic mass is 10.1. The predicted molar refractivity (Wildman–Crippen MR) is 60.0 cm³/mol. The van der Waals surface area contributed by atoms with E-state index in [0.29, 0.717) is 22.8 Å². The van der Waals surface area contributed by atoms with Crippen LogP contribution in [0.15, 0.2) is 12.1 Å². The summed E-state index contributed by atoms with van der Waals surface area (Å²) in [6, 6.07) is 3.29. The van der Waals surface area contributed by atoms with Gasteiger partial charge in [-0.1, -0.05) is 18.0 Å². The molecule has 0 radical (unpaired) electrons. The van der Waals surface area contributed by atoms with Crippen LogP contribution in [0.2, 0.25) is 5.15 Å². The van der Waals surface area contributed by atoms with E-state index in [0.717, 1.165) is 0 Å². The van der Waals surface area contributed by atoms with E-state index in [2.05, 4.69) is 15.5 Å². The molecule has 4 nitrogen and oxygen atoms in total. The van der Waals surface area contributed by atoms with Gasteiger partial charge in [0.2, 0.25) is 5.91 Å². The van der Waals surface area contributed by atoms with Crippen LogP contribution in [0.5, 0.6) is 0 Å². The molecular weight excluding hydrogens is 226 g/mol. The Kier molecular flexibility index (Phi) is 2.32. The number of halogens is 1. The Bertz CT molecular complexity index is 410. The molecule has 2 atom stereocenters. The van der Waals surface area contributed by atoms with Crippen LogP contribution in [0.25, 0.3) is 0 Å². The summed E-state index contributed by atoms with van der Waals surface area (Å²) >= 11 is 5.61. The Morgan fingerprint density at radius 1 is 1.31 bits per heavy atom. The van der Waals surface area contributed by atoms with E-state index in [1.54, 1.807) is 12.1 Å². The third-order valence-electron chi connectivity index (χ3n) is 3.59. The maximum Gasteiger partial charge on any atom is 0.229 e. The maximum atomic E-state index is 11.9. The van der Waals surface area contributed by atoms with Gasteiger partial charge in [-0.2, -0.15) is 0 Å². The zero-order valence-electron chi connectivity index (χ0n) is 8.69. The number of nitrogens with one attached hydrogen (secondary N) is 1. The lowest BCUT2D eigenvalue weighted by Gasteiger charge is -2.04. The van der Waals surface area contributed by atoms with Crippen molar-refractivity contribution in [2.75, 3.05) is 5.32 Å². The van der Waals surface area contributed by atoms with E-state index >= 15 is 0 Å². The summed E-state index contributed by atoms with van der Waals surface area (Å²) in [5.74, 6) is 2.04. The van der Waals surface area contributed by atoms with Gasteiger partial charge in [0.05, 0.1) is 0 Å². The van der Waals surface area contributed by atoms with Crippen molar-refractivity contribution in [1.29, 1.82) is 0 Å². The van der Waals surface area contributed by atoms with E-state index in [-0.39, 0.29) is 11.8 Å². The first-order chi connectivity index (χ1) is 7.75. The molecule has 3 rings (SSSR count). The average Bonchev–Trinajstić information content (AvgIpc) is 2.76. The van der Waals surface area contributed by atoms with Crippen molar-refractivity contribution in [3.63, 3.8) is 0 Å². The zero-order chi connectivity index (χ0) is 11.1. The van der Waals surface area contributed by atoms with Crippen molar-refractivity contribution in [3.8, 4) is 0 Å². The first-order valence-corrected chi connectivity index (χ1v) is 5.93. The van der Waals surface area contributed by atoms with Crippen LogP contribution in [-0.2, 0) is 4.79 Å². The second-order valence-electron chi connectivity index (χ2n) is 4.51. The standard InChI is InChI=1S/C11H12ClN3O/c12-8-4-5-9(15-14-8)13-11(16)10-6-2-1-3-7(6)10/h4-7,10H,1-3H2,(H,13,15,16). The lowest BCUT2D eigenvalue weighted by Crippen LogP contribution is -2.17. The van der Waals surface area contributed by atoms with Gasteiger partial charge in [-0.25, -0.2) is 0 Å². The second-order valence-corrected chi connectivity index (χ2v) is 4.90. The van der Waals surface area contributed by atoms with Gasteiger partial charge in [0.1, 0.15) is 0 Å². The normalized spacial score (nSPS) is 30.9. The first kappa shape index (κ1) is 10.0. The highest BCUT2D eigenvalue weighted by Crippen LogP contribution is 2.57. The fraction of sp³-hybridized carbons (Fsp3) is 0.545. The number of nitrogens with zero attached hydrogens (tertiary/aromatic N) is 2. The molecule has 2 fully saturated rings. The first-order valence-electron chi connectivity index (χ1n) is 5.56. The monoisotopic (exact) mass is 237 g/mol. The number of anilines is 1. The Hall–Kier alpha value is -1.16. The van der Waals surface area contributed by atoms with Crippen LogP contribution in [0.3, 0.4) is 0 Å². The Labute approximate surface area is 98.4 Å². The molecule has 0 aliphatic heterocycles. The number of hydrogen-bond acceptors (Lipinski definition) is 3. The third kappa shape index (κ3) is 1.67. The van der Waals surface area contributed by atoms with Crippen LogP contribution in [-0.4, -0.2) is 16.1 Å². The molecule has 0 saturated heterocycles. The highest BCUT2D eigenvalue weighted by Gasteiger charge is 2.56. The Morgan fingerprint density at radius 3 is 2.69 bits per heavy atom. The molecule has 0 bridgehead atoms. The minimum atomic E-state index is 0.0892. The van der Waals surface area contributed by atoms with Crippen molar-refractivity contribution < 1.29 is 4.79 Å². The summed E-state index contributed by atoms with van der Waals surface area (Å²) in [5, 5.41) is 10.6. The van der Waals surface area contributed by atoms with Crippen molar-refractivity contribution in [3.05, 3.63) is 17.3 Å². The van der Waals surface area contributed by atoms with Gasteiger partial charge in [-0.15, -0.1) is 10.2 Å². The number of aromatic nitrogens is 2. The summed E-state index contributed by atoms with van der Waals surface area (Å²) in [7, 11) is 0. The minimum absolute atomic E-state index is 0.0892. The summed E-state index contributed by atoms with van der Waals surface area (Å²) in [6.45, 7) is 0. The topological polar surface area (TPSA) is 54.9 Å². The van der Waals surface area contributed by atoms with Crippen molar-refractivity contribution >= 4 is 23.3 Å². The van der Waals surface area contributed by atoms with Gasteiger partial charge in [0.15, 0.2) is 11.0 Å².